The summed E-state index contributed by atoms with van der Waals surface area (Å²) < 4.78 is 0. The number of hydrogen-bond acceptors (Lipinski definition) is 3. The summed E-state index contributed by atoms with van der Waals surface area (Å²) in [5.74, 6) is 0. The maximum Gasteiger partial charge on any atom is 0.0959 e. The van der Waals surface area contributed by atoms with Gasteiger partial charge in [-0.2, -0.15) is 0 Å². The fourth-order valence-corrected chi connectivity index (χ4v) is 4.28. The molecule has 126 valence electrons. The van der Waals surface area contributed by atoms with E-state index in [1.807, 2.05) is 0 Å². The summed E-state index contributed by atoms with van der Waals surface area (Å²) in [6.45, 7) is 7.76. The van der Waals surface area contributed by atoms with Crippen LogP contribution in [0.15, 0.2) is 54.6 Å². The molecular weight excluding hydrogens is 306 g/mol. The van der Waals surface area contributed by atoms with Crippen LogP contribution in [0, 0.1) is 0 Å². The van der Waals surface area contributed by atoms with Crippen molar-refractivity contribution in [3.8, 4) is 0 Å². The lowest BCUT2D eigenvalue weighted by Gasteiger charge is -2.37. The van der Waals surface area contributed by atoms with Crippen LogP contribution < -0.4 is 14.7 Å². The number of rotatable bonds is 0. The molecule has 3 heteroatoms. The molecule has 0 aromatic heterocycles. The van der Waals surface area contributed by atoms with Crippen LogP contribution >= 0.6 is 0 Å². The molecule has 0 saturated heterocycles. The molecule has 2 aliphatic heterocycles. The number of anilines is 5. The second kappa shape index (κ2) is 4.69. The van der Waals surface area contributed by atoms with E-state index in [-0.39, 0.29) is 5.54 Å². The van der Waals surface area contributed by atoms with Gasteiger partial charge >= 0.3 is 0 Å². The van der Waals surface area contributed by atoms with Gasteiger partial charge in [0.05, 0.1) is 35.1 Å². The Bertz CT molecular complexity index is 1000. The predicted molar refractivity (Wildman–Crippen MR) is 108 cm³/mol. The lowest BCUT2D eigenvalue weighted by Crippen LogP contribution is -2.43. The van der Waals surface area contributed by atoms with Crippen molar-refractivity contribution in [2.24, 2.45) is 0 Å². The zero-order chi connectivity index (χ0) is 17.3. The Morgan fingerprint density at radius 2 is 1.52 bits per heavy atom. The SMILES string of the molecule is CN1c2cccc3c2N(CN3C(C)(C)C)c2ccc3ccccc3c21. The van der Waals surface area contributed by atoms with Gasteiger partial charge in [-0.25, -0.2) is 0 Å². The Labute approximate surface area is 149 Å². The molecule has 2 aliphatic rings. The largest absolute Gasteiger partial charge is 0.347 e. The van der Waals surface area contributed by atoms with Gasteiger partial charge in [-0.3, -0.25) is 0 Å². The second-order valence-corrected chi connectivity index (χ2v) is 8.03. The number of hydrogen-bond donors (Lipinski definition) is 0. The number of para-hydroxylation sites is 1. The first kappa shape index (κ1) is 14.6. The van der Waals surface area contributed by atoms with E-state index >= 15 is 0 Å². The van der Waals surface area contributed by atoms with Gasteiger partial charge in [0.1, 0.15) is 0 Å². The van der Waals surface area contributed by atoms with Crippen molar-refractivity contribution < 1.29 is 0 Å². The molecule has 3 aromatic rings. The maximum absolute atomic E-state index is 2.50. The molecule has 3 aromatic carbocycles. The van der Waals surface area contributed by atoms with Crippen molar-refractivity contribution in [3.63, 3.8) is 0 Å². The van der Waals surface area contributed by atoms with Gasteiger partial charge in [0.2, 0.25) is 0 Å². The van der Waals surface area contributed by atoms with E-state index in [4.69, 9.17) is 0 Å². The molecule has 0 radical (unpaired) electrons. The highest BCUT2D eigenvalue weighted by molar-refractivity contribution is 6.10. The van der Waals surface area contributed by atoms with Gasteiger partial charge in [0.25, 0.3) is 0 Å². The zero-order valence-corrected chi connectivity index (χ0v) is 15.2. The summed E-state index contributed by atoms with van der Waals surface area (Å²) in [5, 5.41) is 2.60. The van der Waals surface area contributed by atoms with E-state index in [0.717, 1.165) is 6.67 Å². The average molecular weight is 329 g/mol. The molecule has 0 bridgehead atoms. The Balaban J connectivity index is 1.81. The van der Waals surface area contributed by atoms with Crippen molar-refractivity contribution in [3.05, 3.63) is 54.6 Å². The Kier molecular flexibility index (Phi) is 2.75. The van der Waals surface area contributed by atoms with Crippen molar-refractivity contribution >= 4 is 39.2 Å². The Morgan fingerprint density at radius 1 is 0.760 bits per heavy atom. The minimum atomic E-state index is 0.0854. The fourth-order valence-electron chi connectivity index (χ4n) is 4.28. The Hall–Kier alpha value is -2.68. The van der Waals surface area contributed by atoms with E-state index < -0.39 is 0 Å². The number of fused-ring (bicyclic) bond motifs is 4. The van der Waals surface area contributed by atoms with Crippen LogP contribution in [0.3, 0.4) is 0 Å². The topological polar surface area (TPSA) is 9.72 Å². The van der Waals surface area contributed by atoms with Crippen molar-refractivity contribution in [1.29, 1.82) is 0 Å². The quantitative estimate of drug-likeness (QED) is 0.529. The van der Waals surface area contributed by atoms with Gasteiger partial charge in [0.15, 0.2) is 0 Å². The highest BCUT2D eigenvalue weighted by Crippen LogP contribution is 2.56. The lowest BCUT2D eigenvalue weighted by atomic mass is 10.0. The van der Waals surface area contributed by atoms with Gasteiger partial charge in [0, 0.05) is 18.0 Å². The number of benzene rings is 3. The van der Waals surface area contributed by atoms with E-state index in [2.05, 4.69) is 97.1 Å². The van der Waals surface area contributed by atoms with Gasteiger partial charge in [-0.1, -0.05) is 36.4 Å². The van der Waals surface area contributed by atoms with Gasteiger partial charge in [-0.05, 0) is 44.4 Å². The minimum Gasteiger partial charge on any atom is -0.347 e. The molecule has 5 rings (SSSR count). The molecule has 0 unspecified atom stereocenters. The van der Waals surface area contributed by atoms with Gasteiger partial charge in [-0.15, -0.1) is 0 Å². The molecule has 25 heavy (non-hydrogen) atoms. The van der Waals surface area contributed by atoms with Crippen LogP contribution in [0.25, 0.3) is 10.8 Å². The third kappa shape index (κ3) is 1.87. The maximum atomic E-state index is 2.50. The lowest BCUT2D eigenvalue weighted by molar-refractivity contribution is 0.518. The van der Waals surface area contributed by atoms with Crippen molar-refractivity contribution in [2.75, 3.05) is 28.4 Å². The first-order chi connectivity index (χ1) is 12.0. The third-order valence-corrected chi connectivity index (χ3v) is 5.51. The summed E-state index contributed by atoms with van der Waals surface area (Å²) >= 11 is 0. The molecule has 2 heterocycles. The molecule has 0 saturated carbocycles. The molecular formula is C22H23N3. The van der Waals surface area contributed by atoms with E-state index in [1.165, 1.54) is 39.2 Å². The second-order valence-electron chi connectivity index (χ2n) is 8.03. The molecule has 3 nitrogen and oxygen atoms in total. The first-order valence-corrected chi connectivity index (χ1v) is 8.90. The molecule has 0 atom stereocenters. The van der Waals surface area contributed by atoms with E-state index in [0.29, 0.717) is 0 Å². The van der Waals surface area contributed by atoms with Crippen LogP contribution in [0.5, 0.6) is 0 Å². The predicted octanol–water partition coefficient (Wildman–Crippen LogP) is 5.64. The summed E-state index contributed by atoms with van der Waals surface area (Å²) in [6.07, 6.45) is 0. The standard InChI is InChI=1S/C22H23N3/c1-22(2,3)25-14-24-18-13-12-15-8-5-6-9-16(15)20(18)23(4)17-10-7-11-19(25)21(17)24/h5-13H,14H2,1-4H3. The zero-order valence-electron chi connectivity index (χ0n) is 15.2. The van der Waals surface area contributed by atoms with Crippen molar-refractivity contribution in [2.45, 2.75) is 26.3 Å². The van der Waals surface area contributed by atoms with E-state index in [1.54, 1.807) is 0 Å². The normalized spacial score (nSPS) is 15.6. The van der Waals surface area contributed by atoms with Crippen LogP contribution in [-0.2, 0) is 0 Å². The average Bonchev–Trinajstić information content (AvgIpc) is 3.00. The monoisotopic (exact) mass is 329 g/mol. The summed E-state index contributed by atoms with van der Waals surface area (Å²) in [4.78, 5) is 7.35. The molecule has 0 amide bonds. The fraction of sp³-hybridized carbons (Fsp3) is 0.273. The molecule has 0 aliphatic carbocycles. The summed E-state index contributed by atoms with van der Waals surface area (Å²) in [7, 11) is 2.19. The van der Waals surface area contributed by atoms with E-state index in [9.17, 15) is 0 Å². The number of nitrogens with zero attached hydrogens (tertiary/aromatic N) is 3. The van der Waals surface area contributed by atoms with Crippen LogP contribution in [-0.4, -0.2) is 19.3 Å². The highest BCUT2D eigenvalue weighted by atomic mass is 15.4. The minimum absolute atomic E-state index is 0.0854. The van der Waals surface area contributed by atoms with Crippen LogP contribution in [0.2, 0.25) is 0 Å². The molecule has 0 spiro atoms. The van der Waals surface area contributed by atoms with Crippen LogP contribution in [0.1, 0.15) is 20.8 Å². The Morgan fingerprint density at radius 3 is 2.32 bits per heavy atom. The van der Waals surface area contributed by atoms with Gasteiger partial charge < -0.3 is 14.7 Å². The highest BCUT2D eigenvalue weighted by Gasteiger charge is 2.39. The third-order valence-electron chi connectivity index (χ3n) is 5.51. The molecule has 0 fully saturated rings. The van der Waals surface area contributed by atoms with Crippen molar-refractivity contribution in [1.82, 2.24) is 0 Å². The van der Waals surface area contributed by atoms with Crippen LogP contribution in [0.4, 0.5) is 28.4 Å². The summed E-state index contributed by atoms with van der Waals surface area (Å²) in [5.41, 5.74) is 6.64. The smallest absolute Gasteiger partial charge is 0.0959 e. The molecule has 0 N–H and O–H groups in total. The summed E-state index contributed by atoms with van der Waals surface area (Å²) in [6, 6.07) is 19.9. The first-order valence-electron chi connectivity index (χ1n) is 8.90.